The maximum absolute atomic E-state index is 12.9. The van der Waals surface area contributed by atoms with E-state index in [9.17, 15) is 9.59 Å². The molecule has 5 rings (SSSR count). The van der Waals surface area contributed by atoms with Crippen molar-refractivity contribution in [1.82, 2.24) is 4.98 Å². The fraction of sp³-hybridized carbons (Fsp3) is 0.240. The summed E-state index contributed by atoms with van der Waals surface area (Å²) in [6, 6.07) is 16.1. The van der Waals surface area contributed by atoms with Crippen LogP contribution in [0.25, 0.3) is 10.2 Å². The van der Waals surface area contributed by atoms with Crippen LogP contribution in [0.4, 0.5) is 15.6 Å². The Labute approximate surface area is 216 Å². The van der Waals surface area contributed by atoms with Gasteiger partial charge in [-0.05, 0) is 20.8 Å². The summed E-state index contributed by atoms with van der Waals surface area (Å²) in [5.41, 5.74) is 2.65. The van der Waals surface area contributed by atoms with Gasteiger partial charge in [0.05, 0.1) is 0 Å². The van der Waals surface area contributed by atoms with E-state index in [2.05, 4.69) is 39.9 Å². The van der Waals surface area contributed by atoms with Crippen molar-refractivity contribution in [3.63, 3.8) is 0 Å². The normalized spacial score (nSPS) is 13.3. The van der Waals surface area contributed by atoms with Gasteiger partial charge in [0, 0.05) is 0 Å². The number of ether oxygens (including phenoxy) is 1. The Morgan fingerprint density at radius 3 is 2.76 bits per heavy atom. The molecule has 176 valence electrons. The molecule has 2 amide bonds. The zero-order chi connectivity index (χ0) is 23.9. The van der Waals surface area contributed by atoms with Crippen molar-refractivity contribution in [2.24, 2.45) is 0 Å². The first-order valence-electron chi connectivity index (χ1n) is 10.8. The number of anilines is 2. The monoisotopic (exact) mass is 604 g/mol. The van der Waals surface area contributed by atoms with Gasteiger partial charge in [-0.25, -0.2) is 4.79 Å². The predicted molar refractivity (Wildman–Crippen MR) is 133 cm³/mol. The molecule has 1 aliphatic heterocycles. The second-order valence-electron chi connectivity index (χ2n) is 8.82. The first-order valence-corrected chi connectivity index (χ1v) is 14.6. The maximum atomic E-state index is 12.9. The van der Waals surface area contributed by atoms with Gasteiger partial charge in [0.25, 0.3) is 0 Å². The van der Waals surface area contributed by atoms with Gasteiger partial charge in [0.1, 0.15) is 5.60 Å². The minimum atomic E-state index is -0.552. The van der Waals surface area contributed by atoms with Crippen molar-refractivity contribution in [2.75, 3.05) is 16.8 Å². The van der Waals surface area contributed by atoms with Crippen LogP contribution in [0.15, 0.2) is 53.9 Å². The quantitative estimate of drug-likeness (QED) is 0.364. The molecule has 0 spiro atoms. The summed E-state index contributed by atoms with van der Waals surface area (Å²) in [4.78, 5) is 31.7. The summed E-state index contributed by atoms with van der Waals surface area (Å²) in [5, 5.41) is 5.64. The van der Waals surface area contributed by atoms with Crippen molar-refractivity contribution in [2.45, 2.75) is 32.8 Å². The van der Waals surface area contributed by atoms with Crippen molar-refractivity contribution < 1.29 is 35.5 Å². The van der Waals surface area contributed by atoms with E-state index in [4.69, 9.17) is 4.74 Å². The van der Waals surface area contributed by atoms with Crippen LogP contribution < -0.4 is 31.4 Å². The van der Waals surface area contributed by atoms with Crippen molar-refractivity contribution >= 4 is 55.7 Å². The Hall–Kier alpha value is -2.50. The Morgan fingerprint density at radius 2 is 2.00 bits per heavy atom. The molecule has 0 aliphatic carbocycles. The predicted octanol–water partition coefficient (Wildman–Crippen LogP) is 3.04. The number of thiophene rings is 1. The topological polar surface area (TPSA) is 71.5 Å². The number of nitrogens with one attached hydrogen (secondary N) is 1. The molecule has 0 saturated heterocycles. The molecule has 1 aliphatic rings. The molecule has 2 aromatic carbocycles. The van der Waals surface area contributed by atoms with Gasteiger partial charge >= 0.3 is 181 Å². The third-order valence-corrected chi connectivity index (χ3v) is 10.2. The molecule has 2 aromatic heterocycles. The molecule has 0 bridgehead atoms. The van der Waals surface area contributed by atoms with Crippen LogP contribution in [0.5, 0.6) is 0 Å². The van der Waals surface area contributed by atoms with Gasteiger partial charge in [-0.3, -0.25) is 0 Å². The number of halogens is 1. The molecule has 0 atom stereocenters. The number of hydrogen-bond donors (Lipinski definition) is 1. The first kappa shape index (κ1) is 23.3. The van der Waals surface area contributed by atoms with Crippen LogP contribution in [0.1, 0.15) is 36.7 Å². The number of amides is 2. The average Bonchev–Trinajstić information content (AvgIpc) is 3.51. The second kappa shape index (κ2) is 9.27. The number of carbonyl (C=O) groups excluding carboxylic acids is 2. The molecule has 6 nitrogen and oxygen atoms in total. The van der Waals surface area contributed by atoms with Gasteiger partial charge in [0.2, 0.25) is 0 Å². The van der Waals surface area contributed by atoms with Crippen LogP contribution in [0.2, 0.25) is 0 Å². The summed E-state index contributed by atoms with van der Waals surface area (Å²) in [5.74, 6) is -0.205. The number of hydrogen-bond acceptors (Lipinski definition) is 6. The summed E-state index contributed by atoms with van der Waals surface area (Å²) in [6.07, 6.45) is 0.325. The number of benzene rings is 2. The Morgan fingerprint density at radius 1 is 1.15 bits per heavy atom. The van der Waals surface area contributed by atoms with E-state index in [1.807, 2.05) is 39.0 Å². The van der Waals surface area contributed by atoms with E-state index in [0.29, 0.717) is 23.7 Å². The summed E-state index contributed by atoms with van der Waals surface area (Å²) in [6.45, 7) is 6.10. The van der Waals surface area contributed by atoms with Crippen molar-refractivity contribution in [1.29, 1.82) is 0 Å². The Balaban J connectivity index is 1.29. The van der Waals surface area contributed by atoms with E-state index in [1.165, 1.54) is 17.8 Å². The average molecular weight is 605 g/mol. The van der Waals surface area contributed by atoms with Crippen molar-refractivity contribution in [3.05, 3.63) is 71.5 Å². The third kappa shape index (κ3) is 5.11. The third-order valence-electron chi connectivity index (χ3n) is 5.11. The number of nitrogens with zero attached hydrogens (tertiary/aromatic N) is 2. The van der Waals surface area contributed by atoms with E-state index < -0.39 is 5.60 Å². The number of rotatable bonds is 4. The first-order chi connectivity index (χ1) is 16.2. The zero-order valence-corrected chi connectivity index (χ0v) is 22.7. The molecule has 1 N–H and O–H groups in total. The summed E-state index contributed by atoms with van der Waals surface area (Å²) < 4.78 is 9.35. The van der Waals surface area contributed by atoms with Crippen LogP contribution in [-0.2, 0) is 11.2 Å². The van der Waals surface area contributed by atoms with Gasteiger partial charge in [-0.2, -0.15) is 0 Å². The standard InChI is InChI=1S/C25H23IN3O3S2/c1-25(2,3)32-24(31)29-11-10-15-13-16(6-9-19(15)29)22(30)28-23-27-18-8-7-17(14-20(18)34-23)26-21-5-4-12-33-21/h4-9,12-14H,10-11H2,1-3H3,(H,27,28,30)/q-1. The zero-order valence-electron chi connectivity index (χ0n) is 18.9. The SMILES string of the molecule is CC(C)(C)OC(=O)N1CCc2cc(C(=O)Nc3nc4ccc([I-]c5cccs5)cc4s3)ccc21. The summed E-state index contributed by atoms with van der Waals surface area (Å²) >= 11 is 3.09. The molecule has 0 fully saturated rings. The van der Waals surface area contributed by atoms with E-state index >= 15 is 0 Å². The van der Waals surface area contributed by atoms with E-state index in [0.717, 1.165) is 21.5 Å². The fourth-order valence-electron chi connectivity index (χ4n) is 3.65. The second-order valence-corrected chi connectivity index (χ2v) is 14.5. The summed E-state index contributed by atoms with van der Waals surface area (Å²) in [7, 11) is 0. The van der Waals surface area contributed by atoms with Crippen LogP contribution in [0.3, 0.4) is 0 Å². The number of thiazole rings is 1. The molecule has 0 radical (unpaired) electrons. The molecule has 9 heteroatoms. The molecular formula is C25H23IN3O3S2-. The minimum absolute atomic E-state index is 0.200. The molecule has 4 aromatic rings. The number of fused-ring (bicyclic) bond motifs is 2. The van der Waals surface area contributed by atoms with Gasteiger partial charge < -0.3 is 4.74 Å². The van der Waals surface area contributed by atoms with Crippen LogP contribution >= 0.6 is 22.7 Å². The van der Waals surface area contributed by atoms with Crippen LogP contribution in [-0.4, -0.2) is 29.1 Å². The molecule has 3 heterocycles. The van der Waals surface area contributed by atoms with Gasteiger partial charge in [-0.1, -0.05) is 0 Å². The Kier molecular flexibility index (Phi) is 6.34. The Bertz CT molecular complexity index is 1380. The van der Waals surface area contributed by atoms with E-state index in [1.54, 1.807) is 22.3 Å². The van der Waals surface area contributed by atoms with Gasteiger partial charge in [-0.15, -0.1) is 0 Å². The molecule has 0 unspecified atom stereocenters. The molecular weight excluding hydrogens is 581 g/mol. The van der Waals surface area contributed by atoms with Gasteiger partial charge in [0.15, 0.2) is 0 Å². The van der Waals surface area contributed by atoms with Crippen LogP contribution in [0, 0.1) is 6.45 Å². The number of aromatic nitrogens is 1. The molecule has 0 saturated carbocycles. The molecule has 34 heavy (non-hydrogen) atoms. The van der Waals surface area contributed by atoms with Crippen molar-refractivity contribution in [3.8, 4) is 0 Å². The fourth-order valence-corrected chi connectivity index (χ4v) is 8.50. The van der Waals surface area contributed by atoms with E-state index in [-0.39, 0.29) is 33.2 Å². The number of carbonyl (C=O) groups is 2.